The molecule has 0 spiro atoms. The first kappa shape index (κ1) is 10.1. The first-order chi connectivity index (χ1) is 7.33. The molecule has 0 aromatic carbocycles. The van der Waals surface area contributed by atoms with Gasteiger partial charge in [-0.15, -0.1) is 0 Å². The molecule has 2 nitrogen and oxygen atoms in total. The number of fused-ring (bicyclic) bond motifs is 1. The summed E-state index contributed by atoms with van der Waals surface area (Å²) in [6, 6.07) is 3.20. The second-order valence-corrected chi connectivity index (χ2v) is 3.75. The van der Waals surface area contributed by atoms with Gasteiger partial charge in [-0.05, 0) is 18.6 Å². The highest BCUT2D eigenvalue weighted by Gasteiger charge is 2.05. The lowest BCUT2D eigenvalue weighted by molar-refractivity contribution is 0.611. The Bertz CT molecular complexity index is 448. The van der Waals surface area contributed by atoms with Crippen LogP contribution in [-0.4, -0.2) is 9.55 Å². The number of nitrogens with zero attached hydrogens (tertiary/aromatic N) is 2. The molecule has 0 saturated heterocycles. The van der Waals surface area contributed by atoms with E-state index in [2.05, 4.69) is 11.9 Å². The maximum Gasteiger partial charge on any atom is 0.142 e. The Morgan fingerprint density at radius 3 is 3.00 bits per heavy atom. The van der Waals surface area contributed by atoms with Crippen molar-refractivity contribution >= 4 is 11.0 Å². The van der Waals surface area contributed by atoms with E-state index in [1.54, 1.807) is 6.07 Å². The fourth-order valence-corrected chi connectivity index (χ4v) is 1.77. The standard InChI is InChI=1S/C12H15FN2/c1-2-3-4-8-15-9-6-10-11(13)5-7-14-12(10)15/h5-7,9H,2-4,8H2,1H3. The van der Waals surface area contributed by atoms with Gasteiger partial charge in [0.2, 0.25) is 0 Å². The Morgan fingerprint density at radius 2 is 2.20 bits per heavy atom. The van der Waals surface area contributed by atoms with Crippen LogP contribution < -0.4 is 0 Å². The quantitative estimate of drug-likeness (QED) is 0.701. The molecule has 0 amide bonds. The summed E-state index contributed by atoms with van der Waals surface area (Å²) in [6.45, 7) is 3.10. The molecule has 3 heteroatoms. The average Bonchev–Trinajstić information content (AvgIpc) is 2.64. The molecule has 0 fully saturated rings. The number of halogens is 1. The van der Waals surface area contributed by atoms with Crippen molar-refractivity contribution in [3.8, 4) is 0 Å². The normalized spacial score (nSPS) is 11.1. The second kappa shape index (κ2) is 4.43. The maximum absolute atomic E-state index is 13.3. The van der Waals surface area contributed by atoms with Crippen LogP contribution in [0.1, 0.15) is 26.2 Å². The summed E-state index contributed by atoms with van der Waals surface area (Å²) in [5.74, 6) is -0.186. The molecule has 2 aromatic rings. The van der Waals surface area contributed by atoms with Crippen LogP contribution in [0.15, 0.2) is 24.5 Å². The van der Waals surface area contributed by atoms with Gasteiger partial charge >= 0.3 is 0 Å². The fourth-order valence-electron chi connectivity index (χ4n) is 1.77. The molecule has 0 N–H and O–H groups in total. The minimum Gasteiger partial charge on any atom is -0.332 e. The molecule has 0 aliphatic carbocycles. The van der Waals surface area contributed by atoms with Crippen LogP contribution in [-0.2, 0) is 6.54 Å². The van der Waals surface area contributed by atoms with Crippen molar-refractivity contribution < 1.29 is 4.39 Å². The molecular formula is C12H15FN2. The third-order valence-corrected chi connectivity index (χ3v) is 2.61. The monoisotopic (exact) mass is 206 g/mol. The SMILES string of the molecule is CCCCCn1ccc2c(F)ccnc21. The van der Waals surface area contributed by atoms with E-state index < -0.39 is 0 Å². The van der Waals surface area contributed by atoms with Gasteiger partial charge in [0.05, 0.1) is 5.39 Å². The summed E-state index contributed by atoms with van der Waals surface area (Å²) in [4.78, 5) is 4.20. The summed E-state index contributed by atoms with van der Waals surface area (Å²) in [5.41, 5.74) is 0.756. The molecule has 2 aromatic heterocycles. The van der Waals surface area contributed by atoms with Crippen molar-refractivity contribution in [1.29, 1.82) is 0 Å². The summed E-state index contributed by atoms with van der Waals surface area (Å²) < 4.78 is 15.4. The van der Waals surface area contributed by atoms with Crippen LogP contribution >= 0.6 is 0 Å². The highest BCUT2D eigenvalue weighted by atomic mass is 19.1. The lowest BCUT2D eigenvalue weighted by Crippen LogP contribution is -1.97. The lowest BCUT2D eigenvalue weighted by Gasteiger charge is -2.03. The van der Waals surface area contributed by atoms with Crippen molar-refractivity contribution in [3.05, 3.63) is 30.3 Å². The van der Waals surface area contributed by atoms with Gasteiger partial charge in [0.1, 0.15) is 11.5 Å². The summed E-state index contributed by atoms with van der Waals surface area (Å²) in [7, 11) is 0. The van der Waals surface area contributed by atoms with E-state index in [4.69, 9.17) is 0 Å². The third kappa shape index (κ3) is 2.01. The van der Waals surface area contributed by atoms with Crippen molar-refractivity contribution in [3.63, 3.8) is 0 Å². The zero-order valence-electron chi connectivity index (χ0n) is 8.91. The molecular weight excluding hydrogens is 191 g/mol. The van der Waals surface area contributed by atoms with Crippen molar-refractivity contribution in [2.75, 3.05) is 0 Å². The summed E-state index contributed by atoms with van der Waals surface area (Å²) >= 11 is 0. The van der Waals surface area contributed by atoms with Gasteiger partial charge in [0, 0.05) is 18.9 Å². The van der Waals surface area contributed by atoms with E-state index in [9.17, 15) is 4.39 Å². The van der Waals surface area contributed by atoms with Crippen molar-refractivity contribution in [2.45, 2.75) is 32.7 Å². The number of unbranched alkanes of at least 4 members (excludes halogenated alkanes) is 2. The minimum absolute atomic E-state index is 0.186. The Labute approximate surface area is 88.7 Å². The first-order valence-corrected chi connectivity index (χ1v) is 5.42. The predicted molar refractivity (Wildman–Crippen MR) is 59.2 cm³/mol. The van der Waals surface area contributed by atoms with Crippen LogP contribution in [0.5, 0.6) is 0 Å². The largest absolute Gasteiger partial charge is 0.332 e. The van der Waals surface area contributed by atoms with E-state index in [-0.39, 0.29) is 5.82 Å². The van der Waals surface area contributed by atoms with Crippen LogP contribution in [0.25, 0.3) is 11.0 Å². The van der Waals surface area contributed by atoms with Crippen LogP contribution in [0.3, 0.4) is 0 Å². The Balaban J connectivity index is 2.25. The van der Waals surface area contributed by atoms with Gasteiger partial charge in [-0.2, -0.15) is 0 Å². The molecule has 0 aliphatic rings. The van der Waals surface area contributed by atoms with Crippen molar-refractivity contribution in [1.82, 2.24) is 9.55 Å². The van der Waals surface area contributed by atoms with Gasteiger partial charge in [-0.1, -0.05) is 19.8 Å². The number of pyridine rings is 1. The summed E-state index contributed by atoms with van der Waals surface area (Å²) in [5, 5.41) is 0.619. The van der Waals surface area contributed by atoms with Crippen LogP contribution in [0, 0.1) is 5.82 Å². The predicted octanol–water partition coefficient (Wildman–Crippen LogP) is 3.37. The van der Waals surface area contributed by atoms with Gasteiger partial charge in [-0.25, -0.2) is 9.37 Å². The molecule has 0 saturated carbocycles. The van der Waals surface area contributed by atoms with Gasteiger partial charge in [-0.3, -0.25) is 0 Å². The van der Waals surface area contributed by atoms with E-state index in [0.29, 0.717) is 5.39 Å². The van der Waals surface area contributed by atoms with Gasteiger partial charge in [0.15, 0.2) is 0 Å². The molecule has 2 rings (SSSR count). The van der Waals surface area contributed by atoms with E-state index in [0.717, 1.165) is 18.6 Å². The molecule has 0 atom stereocenters. The maximum atomic E-state index is 13.3. The van der Waals surface area contributed by atoms with E-state index >= 15 is 0 Å². The minimum atomic E-state index is -0.186. The number of aryl methyl sites for hydroxylation is 1. The summed E-state index contributed by atoms with van der Waals surface area (Å²) in [6.07, 6.45) is 6.96. The van der Waals surface area contributed by atoms with Crippen LogP contribution in [0.4, 0.5) is 4.39 Å². The van der Waals surface area contributed by atoms with Crippen LogP contribution in [0.2, 0.25) is 0 Å². The number of rotatable bonds is 4. The first-order valence-electron chi connectivity index (χ1n) is 5.42. The van der Waals surface area contributed by atoms with E-state index in [1.165, 1.54) is 25.1 Å². The molecule has 15 heavy (non-hydrogen) atoms. The Hall–Kier alpha value is -1.38. The molecule has 0 unspecified atom stereocenters. The highest BCUT2D eigenvalue weighted by Crippen LogP contribution is 2.17. The van der Waals surface area contributed by atoms with E-state index in [1.807, 2.05) is 10.8 Å². The topological polar surface area (TPSA) is 17.8 Å². The third-order valence-electron chi connectivity index (χ3n) is 2.61. The smallest absolute Gasteiger partial charge is 0.142 e. The molecule has 0 aliphatic heterocycles. The molecule has 2 heterocycles. The van der Waals surface area contributed by atoms with Crippen molar-refractivity contribution in [2.24, 2.45) is 0 Å². The molecule has 0 radical (unpaired) electrons. The lowest BCUT2D eigenvalue weighted by atomic mass is 10.2. The second-order valence-electron chi connectivity index (χ2n) is 3.75. The Kier molecular flexibility index (Phi) is 2.99. The Morgan fingerprint density at radius 1 is 1.33 bits per heavy atom. The number of hydrogen-bond acceptors (Lipinski definition) is 1. The number of hydrogen-bond donors (Lipinski definition) is 0. The fraction of sp³-hybridized carbons (Fsp3) is 0.417. The zero-order chi connectivity index (χ0) is 10.7. The number of aromatic nitrogens is 2. The highest BCUT2D eigenvalue weighted by molar-refractivity contribution is 5.76. The zero-order valence-corrected chi connectivity index (χ0v) is 8.91. The van der Waals surface area contributed by atoms with Gasteiger partial charge < -0.3 is 4.57 Å². The average molecular weight is 206 g/mol. The molecule has 0 bridgehead atoms. The molecule has 80 valence electrons. The van der Waals surface area contributed by atoms with Gasteiger partial charge in [0.25, 0.3) is 0 Å².